The van der Waals surface area contributed by atoms with Gasteiger partial charge in [-0.25, -0.2) is 0 Å². The second-order valence-electron chi connectivity index (χ2n) is 1.69. The highest BCUT2D eigenvalue weighted by atomic mass is 28.2. The van der Waals surface area contributed by atoms with Crippen molar-refractivity contribution in [2.24, 2.45) is 0 Å². The highest BCUT2D eigenvalue weighted by Gasteiger charge is 1.82. The van der Waals surface area contributed by atoms with Gasteiger partial charge in [-0.3, -0.25) is 0 Å². The average Bonchev–Trinajstić information content (AvgIpc) is 1.81. The van der Waals surface area contributed by atoms with Gasteiger partial charge in [0.1, 0.15) is 0 Å². The second kappa shape index (κ2) is 7.14. The van der Waals surface area contributed by atoms with E-state index < -0.39 is 0 Å². The van der Waals surface area contributed by atoms with Gasteiger partial charge < -0.3 is 9.84 Å². The summed E-state index contributed by atoms with van der Waals surface area (Å²) in [5, 5.41) is 8.25. The van der Waals surface area contributed by atoms with Crippen molar-refractivity contribution in [3.8, 4) is 0 Å². The minimum atomic E-state index is 0.158. The molecule has 0 aliphatic carbocycles. The summed E-state index contributed by atoms with van der Waals surface area (Å²) in [6.45, 7) is 3.77. The van der Waals surface area contributed by atoms with Gasteiger partial charge in [-0.15, -0.1) is 0 Å². The lowest BCUT2D eigenvalue weighted by Gasteiger charge is -1.97. The van der Waals surface area contributed by atoms with Crippen LogP contribution >= 0.6 is 0 Å². The molecule has 0 radical (unpaired) electrons. The van der Waals surface area contributed by atoms with Crippen LogP contribution < -0.4 is 0 Å². The predicted molar refractivity (Wildman–Crippen MR) is 37.1 cm³/mol. The van der Waals surface area contributed by atoms with Crippen LogP contribution in [0.25, 0.3) is 0 Å². The lowest BCUT2D eigenvalue weighted by molar-refractivity contribution is 0.102. The third-order valence-corrected chi connectivity index (χ3v) is 1.87. The third kappa shape index (κ3) is 6.14. The van der Waals surface area contributed by atoms with E-state index in [9.17, 15) is 0 Å². The molecule has 0 heterocycles. The summed E-state index contributed by atoms with van der Waals surface area (Å²) in [6, 6.07) is 1.24. The molecule has 0 amide bonds. The first-order chi connectivity index (χ1) is 3.91. The normalized spacial score (nSPS) is 11.2. The highest BCUT2D eigenvalue weighted by Crippen LogP contribution is 1.79. The average molecular weight is 134 g/mol. The molecule has 3 heteroatoms. The lowest BCUT2D eigenvalue weighted by atomic mass is 10.7. The fraction of sp³-hybridized carbons (Fsp3) is 1.00. The van der Waals surface area contributed by atoms with Gasteiger partial charge in [-0.2, -0.15) is 0 Å². The maximum absolute atomic E-state index is 8.25. The Labute approximate surface area is 52.7 Å². The topological polar surface area (TPSA) is 29.5 Å². The molecule has 0 aliphatic rings. The molecule has 0 atom stereocenters. The van der Waals surface area contributed by atoms with E-state index in [1.807, 2.05) is 0 Å². The molecule has 0 aliphatic heterocycles. The summed E-state index contributed by atoms with van der Waals surface area (Å²) in [7, 11) is 0.179. The molecular formula is C5H14O2Si. The summed E-state index contributed by atoms with van der Waals surface area (Å²) >= 11 is 0. The van der Waals surface area contributed by atoms with Crippen molar-refractivity contribution in [3.63, 3.8) is 0 Å². The SMILES string of the molecule is C[SiH2]CCOCCO. The molecule has 1 N–H and O–H groups in total. The number of ether oxygens (including phenoxy) is 1. The Morgan fingerprint density at radius 1 is 1.50 bits per heavy atom. The second-order valence-corrected chi connectivity index (χ2v) is 3.40. The third-order valence-electron chi connectivity index (χ3n) is 0.878. The van der Waals surface area contributed by atoms with Crippen molar-refractivity contribution >= 4 is 9.52 Å². The lowest BCUT2D eigenvalue weighted by Crippen LogP contribution is -2.01. The molecule has 0 unspecified atom stereocenters. The van der Waals surface area contributed by atoms with E-state index in [-0.39, 0.29) is 16.1 Å². The van der Waals surface area contributed by atoms with E-state index in [2.05, 4.69) is 6.55 Å². The van der Waals surface area contributed by atoms with E-state index in [4.69, 9.17) is 9.84 Å². The number of hydrogen-bond donors (Lipinski definition) is 1. The summed E-state index contributed by atoms with van der Waals surface area (Å²) in [5.41, 5.74) is 0. The van der Waals surface area contributed by atoms with Gasteiger partial charge in [0.05, 0.1) is 13.2 Å². The van der Waals surface area contributed by atoms with Crippen LogP contribution in [-0.2, 0) is 4.74 Å². The minimum absolute atomic E-state index is 0.158. The van der Waals surface area contributed by atoms with Crippen molar-refractivity contribution in [1.29, 1.82) is 0 Å². The predicted octanol–water partition coefficient (Wildman–Crippen LogP) is -0.370. The van der Waals surface area contributed by atoms with Crippen molar-refractivity contribution in [2.45, 2.75) is 12.6 Å². The molecule has 0 aromatic carbocycles. The maximum atomic E-state index is 8.25. The molecule has 0 fully saturated rings. The van der Waals surface area contributed by atoms with Crippen molar-refractivity contribution in [1.82, 2.24) is 0 Å². The summed E-state index contributed by atoms with van der Waals surface area (Å²) in [6.07, 6.45) is 0. The number of rotatable bonds is 5. The Balaban J connectivity index is 2.53. The van der Waals surface area contributed by atoms with Crippen LogP contribution in [0.4, 0.5) is 0 Å². The molecule has 0 spiro atoms. The zero-order valence-corrected chi connectivity index (χ0v) is 6.81. The number of aliphatic hydroxyl groups excluding tert-OH is 1. The van der Waals surface area contributed by atoms with Crippen LogP contribution in [0.15, 0.2) is 0 Å². The van der Waals surface area contributed by atoms with Crippen LogP contribution in [0.3, 0.4) is 0 Å². The van der Waals surface area contributed by atoms with Gasteiger partial charge in [0.25, 0.3) is 0 Å². The molecule has 0 saturated heterocycles. The maximum Gasteiger partial charge on any atom is 0.0697 e. The zero-order valence-electron chi connectivity index (χ0n) is 5.39. The van der Waals surface area contributed by atoms with E-state index in [0.717, 1.165) is 6.61 Å². The van der Waals surface area contributed by atoms with Crippen LogP contribution in [0.1, 0.15) is 0 Å². The molecule has 0 saturated carbocycles. The Kier molecular flexibility index (Phi) is 7.26. The molecule has 50 valence electrons. The Morgan fingerprint density at radius 3 is 2.75 bits per heavy atom. The highest BCUT2D eigenvalue weighted by molar-refractivity contribution is 6.33. The Hall–Kier alpha value is 0.137. The van der Waals surface area contributed by atoms with Crippen molar-refractivity contribution < 1.29 is 9.84 Å². The number of aliphatic hydroxyl groups is 1. The molecule has 2 nitrogen and oxygen atoms in total. The van der Waals surface area contributed by atoms with Gasteiger partial charge in [0.2, 0.25) is 0 Å². The standard InChI is InChI=1S/C5H14O2Si/c1-8-5-4-7-3-2-6/h6H,2-5,8H2,1H3. The zero-order chi connectivity index (χ0) is 6.24. The summed E-state index contributed by atoms with van der Waals surface area (Å²) in [4.78, 5) is 0. The molecule has 0 aromatic heterocycles. The fourth-order valence-corrected chi connectivity index (χ4v) is 0.906. The van der Waals surface area contributed by atoms with Gasteiger partial charge in [-0.1, -0.05) is 6.55 Å². The largest absolute Gasteiger partial charge is 0.394 e. The minimum Gasteiger partial charge on any atom is -0.394 e. The van der Waals surface area contributed by atoms with Crippen LogP contribution in [0.5, 0.6) is 0 Å². The summed E-state index contributed by atoms with van der Waals surface area (Å²) in [5.74, 6) is 0. The molecular weight excluding hydrogens is 120 g/mol. The molecule has 0 aromatic rings. The molecule has 8 heavy (non-hydrogen) atoms. The first-order valence-electron chi connectivity index (χ1n) is 3.10. The smallest absolute Gasteiger partial charge is 0.0697 e. The van der Waals surface area contributed by atoms with E-state index in [1.165, 1.54) is 6.04 Å². The van der Waals surface area contributed by atoms with Crippen molar-refractivity contribution in [3.05, 3.63) is 0 Å². The summed E-state index contributed by atoms with van der Waals surface area (Å²) < 4.78 is 5.01. The number of hydrogen-bond acceptors (Lipinski definition) is 2. The van der Waals surface area contributed by atoms with Gasteiger partial charge >= 0.3 is 0 Å². The van der Waals surface area contributed by atoms with E-state index in [1.54, 1.807) is 0 Å². The monoisotopic (exact) mass is 134 g/mol. The van der Waals surface area contributed by atoms with Crippen molar-refractivity contribution in [2.75, 3.05) is 19.8 Å². The van der Waals surface area contributed by atoms with Gasteiger partial charge in [0.15, 0.2) is 0 Å². The van der Waals surface area contributed by atoms with Crippen LogP contribution in [-0.4, -0.2) is 34.4 Å². The Morgan fingerprint density at radius 2 is 2.25 bits per heavy atom. The van der Waals surface area contributed by atoms with Gasteiger partial charge in [-0.05, 0) is 6.04 Å². The van der Waals surface area contributed by atoms with E-state index in [0.29, 0.717) is 6.61 Å². The van der Waals surface area contributed by atoms with Crippen LogP contribution in [0.2, 0.25) is 12.6 Å². The molecule has 0 rings (SSSR count). The van der Waals surface area contributed by atoms with E-state index >= 15 is 0 Å². The quantitative estimate of drug-likeness (QED) is 0.411. The first-order valence-corrected chi connectivity index (χ1v) is 5.51. The first kappa shape index (κ1) is 8.14. The Bertz CT molecular complexity index is 35.4. The van der Waals surface area contributed by atoms with Crippen LogP contribution in [0, 0.1) is 0 Å². The van der Waals surface area contributed by atoms with Gasteiger partial charge in [0, 0.05) is 16.1 Å². The fourth-order valence-electron chi connectivity index (χ4n) is 0.413. The molecule has 0 bridgehead atoms.